The zero-order valence-electron chi connectivity index (χ0n) is 11.0. The Morgan fingerprint density at radius 1 is 1.56 bits per heavy atom. The average Bonchev–Trinajstić information content (AvgIpc) is 2.80. The summed E-state index contributed by atoms with van der Waals surface area (Å²) in [4.78, 5) is 12.1. The second-order valence-electron chi connectivity index (χ2n) is 5.69. The number of nitrogens with two attached hydrogens (primary N) is 1. The van der Waals surface area contributed by atoms with Gasteiger partial charge in [-0.1, -0.05) is 6.07 Å². The summed E-state index contributed by atoms with van der Waals surface area (Å²) in [7, 11) is 0. The van der Waals surface area contributed by atoms with Gasteiger partial charge in [-0.2, -0.15) is 0 Å². The lowest BCUT2D eigenvalue weighted by atomic mass is 9.83. The third-order valence-corrected chi connectivity index (χ3v) is 3.98. The molecule has 1 amide bonds. The van der Waals surface area contributed by atoms with Crippen LogP contribution in [0.4, 0.5) is 5.69 Å². The van der Waals surface area contributed by atoms with Crippen molar-refractivity contribution in [2.75, 3.05) is 11.9 Å². The highest BCUT2D eigenvalue weighted by Gasteiger charge is 2.44. The van der Waals surface area contributed by atoms with Gasteiger partial charge in [0.2, 0.25) is 5.91 Å². The van der Waals surface area contributed by atoms with Crippen LogP contribution in [0.1, 0.15) is 30.5 Å². The predicted octanol–water partition coefficient (Wildman–Crippen LogP) is 1.49. The van der Waals surface area contributed by atoms with E-state index in [1.165, 1.54) is 5.56 Å². The minimum absolute atomic E-state index is 0.0359. The van der Waals surface area contributed by atoms with Crippen molar-refractivity contribution in [1.82, 2.24) is 0 Å². The topological polar surface area (TPSA) is 64.3 Å². The molecule has 1 atom stereocenters. The number of fused-ring (bicyclic) bond motifs is 3. The lowest BCUT2D eigenvalue weighted by Gasteiger charge is -2.19. The molecule has 1 aromatic rings. The maximum Gasteiger partial charge on any atom is 0.234 e. The molecule has 0 bridgehead atoms. The van der Waals surface area contributed by atoms with Crippen molar-refractivity contribution >= 4 is 11.6 Å². The van der Waals surface area contributed by atoms with Gasteiger partial charge in [-0.3, -0.25) is 4.79 Å². The van der Waals surface area contributed by atoms with Crippen LogP contribution in [-0.2, 0) is 16.6 Å². The van der Waals surface area contributed by atoms with Crippen LogP contribution in [0, 0.1) is 6.92 Å². The quantitative estimate of drug-likeness (QED) is 0.789. The Bertz CT molecular complexity index is 549. The molecule has 3 N–H and O–H groups in total. The molecule has 0 spiro atoms. The Morgan fingerprint density at radius 3 is 2.94 bits per heavy atom. The molecule has 0 saturated carbocycles. The number of amides is 1. The number of benzene rings is 1. The second-order valence-corrected chi connectivity index (χ2v) is 5.69. The van der Waals surface area contributed by atoms with Gasteiger partial charge in [-0.15, -0.1) is 0 Å². The number of rotatable bonds is 1. The van der Waals surface area contributed by atoms with Crippen molar-refractivity contribution in [1.29, 1.82) is 0 Å². The number of carbonyl (C=O) groups excluding carboxylic acids is 1. The summed E-state index contributed by atoms with van der Waals surface area (Å²) < 4.78 is 5.92. The molecule has 18 heavy (non-hydrogen) atoms. The van der Waals surface area contributed by atoms with Crippen molar-refractivity contribution < 1.29 is 9.53 Å². The first-order valence-electron chi connectivity index (χ1n) is 6.30. The molecule has 1 unspecified atom stereocenters. The molecular formula is C14H18N2O2. The zero-order chi connectivity index (χ0) is 13.1. The highest BCUT2D eigenvalue weighted by atomic mass is 16.5. The van der Waals surface area contributed by atoms with Gasteiger partial charge in [-0.25, -0.2) is 0 Å². The van der Waals surface area contributed by atoms with E-state index in [0.717, 1.165) is 29.0 Å². The number of hydrogen-bond acceptors (Lipinski definition) is 3. The SMILES string of the molecule is Cc1cc2c(c3c1NC(=O)C3(C)C)OC(CN)C2. The number of anilines is 1. The van der Waals surface area contributed by atoms with Gasteiger partial charge in [-0.05, 0) is 31.9 Å². The Hall–Kier alpha value is -1.55. The molecular weight excluding hydrogens is 228 g/mol. The monoisotopic (exact) mass is 246 g/mol. The van der Waals surface area contributed by atoms with Crippen LogP contribution in [0.15, 0.2) is 6.07 Å². The summed E-state index contributed by atoms with van der Waals surface area (Å²) >= 11 is 0. The van der Waals surface area contributed by atoms with E-state index in [1.54, 1.807) is 0 Å². The third-order valence-electron chi connectivity index (χ3n) is 3.98. The smallest absolute Gasteiger partial charge is 0.234 e. The first-order valence-corrected chi connectivity index (χ1v) is 6.30. The van der Waals surface area contributed by atoms with E-state index in [-0.39, 0.29) is 12.0 Å². The summed E-state index contributed by atoms with van der Waals surface area (Å²) in [5.41, 5.74) is 9.34. The first-order chi connectivity index (χ1) is 8.45. The molecule has 2 aliphatic heterocycles. The molecule has 96 valence electrons. The van der Waals surface area contributed by atoms with E-state index in [4.69, 9.17) is 10.5 Å². The molecule has 0 radical (unpaired) electrons. The standard InChI is InChI=1S/C14H18N2O2/c1-7-4-8-5-9(6-15)18-12(8)10-11(7)16-13(17)14(10,2)3/h4,9H,5-6,15H2,1-3H3,(H,16,17). The Morgan fingerprint density at radius 2 is 2.28 bits per heavy atom. The minimum atomic E-state index is -0.533. The van der Waals surface area contributed by atoms with Crippen LogP contribution in [0.2, 0.25) is 0 Å². The van der Waals surface area contributed by atoms with Gasteiger partial charge in [0, 0.05) is 18.5 Å². The largest absolute Gasteiger partial charge is 0.488 e. The molecule has 1 aromatic carbocycles. The molecule has 0 fully saturated rings. The van der Waals surface area contributed by atoms with Crippen molar-refractivity contribution in [3.05, 3.63) is 22.8 Å². The fraction of sp³-hybridized carbons (Fsp3) is 0.500. The number of aryl methyl sites for hydroxylation is 1. The van der Waals surface area contributed by atoms with E-state index < -0.39 is 5.41 Å². The normalized spacial score (nSPS) is 23.3. The Balaban J connectivity index is 2.22. The van der Waals surface area contributed by atoms with Crippen molar-refractivity contribution in [3.63, 3.8) is 0 Å². The van der Waals surface area contributed by atoms with Crippen LogP contribution in [-0.4, -0.2) is 18.6 Å². The fourth-order valence-electron chi connectivity index (χ4n) is 2.88. The molecule has 0 aromatic heterocycles. The van der Waals surface area contributed by atoms with E-state index >= 15 is 0 Å². The lowest BCUT2D eigenvalue weighted by molar-refractivity contribution is -0.119. The lowest BCUT2D eigenvalue weighted by Crippen LogP contribution is -2.28. The maximum absolute atomic E-state index is 12.1. The summed E-state index contributed by atoms with van der Waals surface area (Å²) in [6.07, 6.45) is 0.877. The van der Waals surface area contributed by atoms with Crippen LogP contribution in [0.25, 0.3) is 0 Å². The van der Waals surface area contributed by atoms with Gasteiger partial charge in [0.25, 0.3) is 0 Å². The van der Waals surface area contributed by atoms with Crippen LogP contribution in [0.3, 0.4) is 0 Å². The Labute approximate surface area is 107 Å². The summed E-state index contributed by atoms with van der Waals surface area (Å²) in [5.74, 6) is 0.906. The number of ether oxygens (including phenoxy) is 1. The average molecular weight is 246 g/mol. The highest BCUT2D eigenvalue weighted by molar-refractivity contribution is 6.07. The van der Waals surface area contributed by atoms with Gasteiger partial charge in [0.1, 0.15) is 11.9 Å². The van der Waals surface area contributed by atoms with E-state index in [1.807, 2.05) is 20.8 Å². The van der Waals surface area contributed by atoms with Gasteiger partial charge in [0.15, 0.2) is 0 Å². The number of hydrogen-bond donors (Lipinski definition) is 2. The summed E-state index contributed by atoms with van der Waals surface area (Å²) in [6, 6.07) is 2.10. The summed E-state index contributed by atoms with van der Waals surface area (Å²) in [6.45, 7) is 6.40. The fourth-order valence-corrected chi connectivity index (χ4v) is 2.88. The second kappa shape index (κ2) is 3.48. The molecule has 0 aliphatic carbocycles. The van der Waals surface area contributed by atoms with Gasteiger partial charge >= 0.3 is 0 Å². The Kier molecular flexibility index (Phi) is 2.23. The molecule has 4 heteroatoms. The van der Waals surface area contributed by atoms with E-state index in [9.17, 15) is 4.79 Å². The third kappa shape index (κ3) is 1.32. The van der Waals surface area contributed by atoms with Crippen molar-refractivity contribution in [2.45, 2.75) is 38.7 Å². The van der Waals surface area contributed by atoms with Crippen LogP contribution in [0.5, 0.6) is 5.75 Å². The van der Waals surface area contributed by atoms with Gasteiger partial charge < -0.3 is 15.8 Å². The molecule has 2 aliphatic rings. The minimum Gasteiger partial charge on any atom is -0.488 e. The summed E-state index contributed by atoms with van der Waals surface area (Å²) in [5, 5.41) is 2.97. The van der Waals surface area contributed by atoms with Crippen LogP contribution < -0.4 is 15.8 Å². The van der Waals surface area contributed by atoms with Crippen LogP contribution >= 0.6 is 0 Å². The van der Waals surface area contributed by atoms with Gasteiger partial charge in [0.05, 0.1) is 11.1 Å². The molecule has 3 rings (SSSR count). The van der Waals surface area contributed by atoms with E-state index in [2.05, 4.69) is 11.4 Å². The molecule has 0 saturated heterocycles. The zero-order valence-corrected chi connectivity index (χ0v) is 11.0. The number of nitrogens with one attached hydrogen (secondary N) is 1. The maximum atomic E-state index is 12.1. The first kappa shape index (κ1) is 11.5. The highest BCUT2D eigenvalue weighted by Crippen LogP contribution is 2.49. The van der Waals surface area contributed by atoms with Crippen molar-refractivity contribution in [2.24, 2.45) is 5.73 Å². The molecule has 2 heterocycles. The van der Waals surface area contributed by atoms with E-state index in [0.29, 0.717) is 6.54 Å². The number of carbonyl (C=O) groups is 1. The molecule has 4 nitrogen and oxygen atoms in total. The predicted molar refractivity (Wildman–Crippen MR) is 70.0 cm³/mol. The van der Waals surface area contributed by atoms with Crippen molar-refractivity contribution in [3.8, 4) is 5.75 Å².